The van der Waals surface area contributed by atoms with E-state index in [1.807, 2.05) is 6.20 Å². The van der Waals surface area contributed by atoms with Crippen molar-refractivity contribution in [3.63, 3.8) is 0 Å². The van der Waals surface area contributed by atoms with E-state index in [1.165, 1.54) is 56.9 Å². The highest BCUT2D eigenvalue weighted by Crippen LogP contribution is 2.38. The molecule has 1 aliphatic rings. The molecular weight excluding hydrogens is 280 g/mol. The summed E-state index contributed by atoms with van der Waals surface area (Å²) in [7, 11) is 0. The van der Waals surface area contributed by atoms with Gasteiger partial charge < -0.3 is 0 Å². The zero-order valence-electron chi connectivity index (χ0n) is 14.2. The Hall–Kier alpha value is -1.70. The molecule has 0 unspecified atom stereocenters. The van der Waals surface area contributed by atoms with Crippen LogP contribution in [-0.2, 0) is 0 Å². The van der Waals surface area contributed by atoms with Crippen LogP contribution in [0.4, 0.5) is 0 Å². The standard InChI is InChI=1S/C21H28N2/c1-2-3-4-5-17-6-8-18(9-7-17)19-10-12-20(13-11-19)21-16-22-14-15-23-21/h10-18H,2-9H2,1H3. The number of rotatable bonds is 6. The number of unbranched alkanes of at least 4 members (excludes halogenated alkanes) is 2. The van der Waals surface area contributed by atoms with Crippen LogP contribution in [0.25, 0.3) is 11.3 Å². The number of benzene rings is 1. The number of aromatic nitrogens is 2. The predicted octanol–water partition coefficient (Wildman–Crippen LogP) is 6.00. The molecule has 1 aliphatic carbocycles. The first-order valence-electron chi connectivity index (χ1n) is 9.23. The van der Waals surface area contributed by atoms with Gasteiger partial charge >= 0.3 is 0 Å². The van der Waals surface area contributed by atoms with E-state index >= 15 is 0 Å². The second-order valence-electron chi connectivity index (χ2n) is 6.93. The lowest BCUT2D eigenvalue weighted by molar-refractivity contribution is 0.303. The fourth-order valence-electron chi connectivity index (χ4n) is 3.84. The first kappa shape index (κ1) is 16.2. The average molecular weight is 308 g/mol. The number of nitrogens with zero attached hydrogens (tertiary/aromatic N) is 2. The predicted molar refractivity (Wildman–Crippen MR) is 96.3 cm³/mol. The minimum Gasteiger partial charge on any atom is -0.261 e. The summed E-state index contributed by atoms with van der Waals surface area (Å²) in [4.78, 5) is 8.52. The molecule has 3 rings (SSSR count). The lowest BCUT2D eigenvalue weighted by atomic mass is 9.77. The van der Waals surface area contributed by atoms with E-state index < -0.39 is 0 Å². The summed E-state index contributed by atoms with van der Waals surface area (Å²) in [6.07, 6.45) is 16.5. The summed E-state index contributed by atoms with van der Waals surface area (Å²) < 4.78 is 0. The number of hydrogen-bond acceptors (Lipinski definition) is 2. The van der Waals surface area contributed by atoms with Crippen LogP contribution >= 0.6 is 0 Å². The van der Waals surface area contributed by atoms with Crippen molar-refractivity contribution in [3.8, 4) is 11.3 Å². The molecule has 23 heavy (non-hydrogen) atoms. The molecule has 1 aromatic carbocycles. The molecule has 0 saturated heterocycles. The third kappa shape index (κ3) is 4.40. The van der Waals surface area contributed by atoms with E-state index in [4.69, 9.17) is 0 Å². The van der Waals surface area contributed by atoms with Crippen LogP contribution in [0.3, 0.4) is 0 Å². The lowest BCUT2D eigenvalue weighted by Crippen LogP contribution is -2.13. The minimum absolute atomic E-state index is 0.758. The molecular formula is C21H28N2. The fraction of sp³-hybridized carbons (Fsp3) is 0.524. The van der Waals surface area contributed by atoms with Crippen molar-refractivity contribution in [1.29, 1.82) is 0 Å². The number of hydrogen-bond donors (Lipinski definition) is 0. The molecule has 1 saturated carbocycles. The van der Waals surface area contributed by atoms with Crippen molar-refractivity contribution in [2.45, 2.75) is 64.2 Å². The van der Waals surface area contributed by atoms with Gasteiger partial charge in [0.2, 0.25) is 0 Å². The normalized spacial score (nSPS) is 21.3. The Morgan fingerprint density at radius 2 is 1.74 bits per heavy atom. The summed E-state index contributed by atoms with van der Waals surface area (Å²) in [5.41, 5.74) is 3.62. The van der Waals surface area contributed by atoms with E-state index in [0.29, 0.717) is 0 Å². The largest absolute Gasteiger partial charge is 0.261 e. The summed E-state index contributed by atoms with van der Waals surface area (Å²) in [6, 6.07) is 9.00. The molecule has 0 atom stereocenters. The van der Waals surface area contributed by atoms with Gasteiger partial charge in [-0.1, -0.05) is 56.9 Å². The maximum atomic E-state index is 4.37. The summed E-state index contributed by atoms with van der Waals surface area (Å²) in [5, 5.41) is 0. The van der Waals surface area contributed by atoms with Gasteiger partial charge in [-0.3, -0.25) is 9.97 Å². The van der Waals surface area contributed by atoms with Crippen LogP contribution < -0.4 is 0 Å². The second kappa shape index (κ2) is 8.24. The maximum absolute atomic E-state index is 4.37. The molecule has 2 aromatic rings. The Balaban J connectivity index is 1.55. The molecule has 0 amide bonds. The molecule has 0 aliphatic heterocycles. The van der Waals surface area contributed by atoms with Crippen LogP contribution in [-0.4, -0.2) is 9.97 Å². The van der Waals surface area contributed by atoms with E-state index in [9.17, 15) is 0 Å². The van der Waals surface area contributed by atoms with Crippen LogP contribution in [0, 0.1) is 5.92 Å². The van der Waals surface area contributed by atoms with Gasteiger partial charge in [0.15, 0.2) is 0 Å². The third-order valence-corrected chi connectivity index (χ3v) is 5.30. The molecule has 122 valence electrons. The molecule has 1 fully saturated rings. The van der Waals surface area contributed by atoms with Gasteiger partial charge in [0.1, 0.15) is 0 Å². The SMILES string of the molecule is CCCCCC1CCC(c2ccc(-c3cnccn3)cc2)CC1. The Labute approximate surface area is 140 Å². The smallest absolute Gasteiger partial charge is 0.0885 e. The quantitative estimate of drug-likeness (QED) is 0.612. The summed E-state index contributed by atoms with van der Waals surface area (Å²) >= 11 is 0. The Morgan fingerprint density at radius 3 is 2.39 bits per heavy atom. The second-order valence-corrected chi connectivity index (χ2v) is 6.93. The molecule has 0 bridgehead atoms. The first-order chi connectivity index (χ1) is 11.4. The van der Waals surface area contributed by atoms with E-state index in [-0.39, 0.29) is 0 Å². The van der Waals surface area contributed by atoms with Crippen molar-refractivity contribution in [2.75, 3.05) is 0 Å². The fourth-order valence-corrected chi connectivity index (χ4v) is 3.84. The minimum atomic E-state index is 0.758. The van der Waals surface area contributed by atoms with Crippen LogP contribution in [0.1, 0.15) is 69.8 Å². The zero-order chi connectivity index (χ0) is 15.9. The molecule has 0 N–H and O–H groups in total. The highest BCUT2D eigenvalue weighted by Gasteiger charge is 2.21. The van der Waals surface area contributed by atoms with Crippen LogP contribution in [0.5, 0.6) is 0 Å². The highest BCUT2D eigenvalue weighted by atomic mass is 14.8. The maximum Gasteiger partial charge on any atom is 0.0885 e. The van der Waals surface area contributed by atoms with Gasteiger partial charge in [-0.25, -0.2) is 0 Å². The van der Waals surface area contributed by atoms with E-state index in [0.717, 1.165) is 23.1 Å². The highest BCUT2D eigenvalue weighted by molar-refractivity contribution is 5.58. The van der Waals surface area contributed by atoms with Gasteiger partial charge in [0.25, 0.3) is 0 Å². The Kier molecular flexibility index (Phi) is 5.79. The van der Waals surface area contributed by atoms with Crippen LogP contribution in [0.15, 0.2) is 42.9 Å². The third-order valence-electron chi connectivity index (χ3n) is 5.30. The van der Waals surface area contributed by atoms with Crippen LogP contribution in [0.2, 0.25) is 0 Å². The first-order valence-corrected chi connectivity index (χ1v) is 9.23. The summed E-state index contributed by atoms with van der Waals surface area (Å²) in [5.74, 6) is 1.74. The average Bonchev–Trinajstić information content (AvgIpc) is 2.63. The van der Waals surface area contributed by atoms with Gasteiger partial charge in [-0.2, -0.15) is 0 Å². The van der Waals surface area contributed by atoms with Gasteiger partial charge in [0.05, 0.1) is 11.9 Å². The van der Waals surface area contributed by atoms with Crippen molar-refractivity contribution in [3.05, 3.63) is 48.4 Å². The van der Waals surface area contributed by atoms with E-state index in [1.54, 1.807) is 12.4 Å². The van der Waals surface area contributed by atoms with Gasteiger partial charge in [-0.15, -0.1) is 0 Å². The molecule has 1 aromatic heterocycles. The lowest BCUT2D eigenvalue weighted by Gasteiger charge is -2.29. The molecule has 2 heteroatoms. The van der Waals surface area contributed by atoms with Gasteiger partial charge in [0, 0.05) is 18.0 Å². The monoisotopic (exact) mass is 308 g/mol. The zero-order valence-corrected chi connectivity index (χ0v) is 14.2. The molecule has 1 heterocycles. The topological polar surface area (TPSA) is 25.8 Å². The van der Waals surface area contributed by atoms with Crippen molar-refractivity contribution in [1.82, 2.24) is 9.97 Å². The van der Waals surface area contributed by atoms with E-state index in [2.05, 4.69) is 41.2 Å². The molecule has 0 spiro atoms. The molecule has 0 radical (unpaired) electrons. The van der Waals surface area contributed by atoms with Crippen molar-refractivity contribution >= 4 is 0 Å². The van der Waals surface area contributed by atoms with Crippen molar-refractivity contribution < 1.29 is 0 Å². The Bertz CT molecular complexity index is 569. The van der Waals surface area contributed by atoms with Crippen molar-refractivity contribution in [2.24, 2.45) is 5.92 Å². The van der Waals surface area contributed by atoms with Gasteiger partial charge in [-0.05, 0) is 43.1 Å². The Morgan fingerprint density at radius 1 is 0.957 bits per heavy atom. The summed E-state index contributed by atoms with van der Waals surface area (Å²) in [6.45, 7) is 2.29. The molecule has 2 nitrogen and oxygen atoms in total.